The highest BCUT2D eigenvalue weighted by Crippen LogP contribution is 2.23. The number of allylic oxidation sites excluding steroid dienone is 2. The molecule has 0 aliphatic rings. The average molecular weight is 258 g/mol. The Bertz CT molecular complexity index is 265. The van der Waals surface area contributed by atoms with Gasteiger partial charge in [-0.25, -0.2) is 0 Å². The largest absolute Gasteiger partial charge is 0.295 e. The van der Waals surface area contributed by atoms with Gasteiger partial charge < -0.3 is 0 Å². The molecule has 0 atom stereocenters. The molecular weight excluding hydrogens is 240 g/mol. The van der Waals surface area contributed by atoms with E-state index >= 15 is 0 Å². The minimum Gasteiger partial charge on any atom is -0.295 e. The summed E-state index contributed by atoms with van der Waals surface area (Å²) in [6.07, 6.45) is 1.06. The monoisotopic (exact) mass is 258 g/mol. The zero-order valence-corrected chi connectivity index (χ0v) is 11.5. The molecule has 0 aromatic heterocycles. The van der Waals surface area contributed by atoms with Crippen LogP contribution in [0.15, 0.2) is 24.3 Å². The molecule has 0 radical (unpaired) electrons. The first kappa shape index (κ1) is 15.5. The Labute approximate surface area is 105 Å². The molecule has 0 unspecified atom stereocenters. The molecule has 0 saturated heterocycles. The number of ketones is 2. The first-order chi connectivity index (χ1) is 7.45. The lowest BCUT2D eigenvalue weighted by Gasteiger charge is -2.01. The van der Waals surface area contributed by atoms with E-state index in [1.807, 2.05) is 0 Å². The number of Topliss-reactive ketones (excluding diaryl/α,β-unsaturated/α-hetero) is 2. The predicted octanol–water partition coefficient (Wildman–Crippen LogP) is 3.44. The zero-order valence-electron chi connectivity index (χ0n) is 9.88. The van der Waals surface area contributed by atoms with Crippen LogP contribution in [0.2, 0.25) is 0 Å². The van der Waals surface area contributed by atoms with Gasteiger partial charge in [0.05, 0.1) is 0 Å². The second-order valence-electron chi connectivity index (χ2n) is 3.55. The first-order valence-electron chi connectivity index (χ1n) is 5.07. The van der Waals surface area contributed by atoms with Crippen LogP contribution in [0.3, 0.4) is 0 Å². The van der Waals surface area contributed by atoms with E-state index in [4.69, 9.17) is 0 Å². The number of hydrogen-bond acceptors (Lipinski definition) is 4. The van der Waals surface area contributed by atoms with Gasteiger partial charge in [0.25, 0.3) is 0 Å². The van der Waals surface area contributed by atoms with Crippen LogP contribution >= 0.6 is 21.6 Å². The molecule has 0 aliphatic carbocycles. The molecule has 0 N–H and O–H groups in total. The Balaban J connectivity index is 3.41. The van der Waals surface area contributed by atoms with E-state index < -0.39 is 0 Å². The second kappa shape index (κ2) is 8.65. The summed E-state index contributed by atoms with van der Waals surface area (Å²) in [4.78, 5) is 22.4. The number of hydrogen-bond donors (Lipinski definition) is 0. The van der Waals surface area contributed by atoms with E-state index in [0.717, 1.165) is 11.5 Å². The van der Waals surface area contributed by atoms with Gasteiger partial charge in [0, 0.05) is 24.3 Å². The highest BCUT2D eigenvalue weighted by atomic mass is 33.1. The molecule has 0 spiro atoms. The lowest BCUT2D eigenvalue weighted by Crippen LogP contribution is -2.00. The molecule has 0 aromatic carbocycles. The number of carbonyl (C=O) groups is 2. The summed E-state index contributed by atoms with van der Waals surface area (Å²) < 4.78 is 0. The van der Waals surface area contributed by atoms with Gasteiger partial charge in [-0.15, -0.1) is 0 Å². The summed E-state index contributed by atoms with van der Waals surface area (Å²) in [5, 5.41) is 0. The third-order valence-electron chi connectivity index (χ3n) is 1.86. The smallest absolute Gasteiger partial charge is 0.158 e. The molecule has 0 aromatic rings. The van der Waals surface area contributed by atoms with Crippen molar-refractivity contribution in [2.45, 2.75) is 26.7 Å². The average Bonchev–Trinajstić information content (AvgIpc) is 2.21. The van der Waals surface area contributed by atoms with Crippen molar-refractivity contribution >= 4 is 33.2 Å². The van der Waals surface area contributed by atoms with E-state index in [-0.39, 0.29) is 11.6 Å². The third-order valence-corrected chi connectivity index (χ3v) is 4.27. The Hall–Kier alpha value is -0.480. The molecule has 16 heavy (non-hydrogen) atoms. The lowest BCUT2D eigenvalue weighted by molar-refractivity contribution is -0.115. The highest BCUT2D eigenvalue weighted by molar-refractivity contribution is 8.76. The minimum atomic E-state index is 0.117. The first-order valence-corrected chi connectivity index (χ1v) is 7.55. The van der Waals surface area contributed by atoms with Gasteiger partial charge in [-0.3, -0.25) is 9.59 Å². The standard InChI is InChI=1S/C12H18O2S2/c1-9(2)11(13)5-7-15-16-8-6-12(14)10(3)4/h1,3,5-8H2,2,4H3. The molecule has 4 heteroatoms. The zero-order chi connectivity index (χ0) is 12.6. The minimum absolute atomic E-state index is 0.117. The van der Waals surface area contributed by atoms with Crippen molar-refractivity contribution in [3.05, 3.63) is 24.3 Å². The van der Waals surface area contributed by atoms with Crippen molar-refractivity contribution in [3.8, 4) is 0 Å². The maximum absolute atomic E-state index is 11.2. The third kappa shape index (κ3) is 7.77. The molecule has 0 bridgehead atoms. The maximum atomic E-state index is 11.2. The van der Waals surface area contributed by atoms with Crippen molar-refractivity contribution in [2.75, 3.05) is 11.5 Å². The topological polar surface area (TPSA) is 34.1 Å². The predicted molar refractivity (Wildman–Crippen MR) is 73.8 cm³/mol. The van der Waals surface area contributed by atoms with Gasteiger partial charge in [0.1, 0.15) is 0 Å². The van der Waals surface area contributed by atoms with Crippen LogP contribution in [0.5, 0.6) is 0 Å². The van der Waals surface area contributed by atoms with E-state index in [1.54, 1.807) is 35.4 Å². The maximum Gasteiger partial charge on any atom is 0.158 e. The Morgan fingerprint density at radius 2 is 1.19 bits per heavy atom. The van der Waals surface area contributed by atoms with Crippen LogP contribution in [0.1, 0.15) is 26.7 Å². The summed E-state index contributed by atoms with van der Waals surface area (Å²) in [5.41, 5.74) is 1.23. The van der Waals surface area contributed by atoms with Gasteiger partial charge in [-0.1, -0.05) is 34.7 Å². The van der Waals surface area contributed by atoms with Gasteiger partial charge in [0.15, 0.2) is 11.6 Å². The van der Waals surface area contributed by atoms with Gasteiger partial charge in [-0.05, 0) is 25.0 Å². The van der Waals surface area contributed by atoms with Crippen LogP contribution in [0.25, 0.3) is 0 Å². The fourth-order valence-corrected chi connectivity index (χ4v) is 2.79. The van der Waals surface area contributed by atoms with Crippen molar-refractivity contribution in [2.24, 2.45) is 0 Å². The highest BCUT2D eigenvalue weighted by Gasteiger charge is 2.04. The quantitative estimate of drug-likeness (QED) is 0.360. The summed E-state index contributed by atoms with van der Waals surface area (Å²) in [5.74, 6) is 1.78. The van der Waals surface area contributed by atoms with Gasteiger partial charge in [-0.2, -0.15) is 0 Å². The Morgan fingerprint density at radius 1 is 0.875 bits per heavy atom. The summed E-state index contributed by atoms with van der Waals surface area (Å²) in [6, 6.07) is 0. The van der Waals surface area contributed by atoms with Crippen molar-refractivity contribution in [1.82, 2.24) is 0 Å². The SMILES string of the molecule is C=C(C)C(=O)CCSSCCC(=O)C(=C)C. The normalized spacial score (nSPS) is 9.88. The molecule has 0 heterocycles. The molecule has 0 saturated carbocycles. The molecule has 0 rings (SSSR count). The molecule has 0 amide bonds. The lowest BCUT2D eigenvalue weighted by atomic mass is 10.2. The molecule has 0 fully saturated rings. The molecule has 0 aliphatic heterocycles. The fourth-order valence-electron chi connectivity index (χ4n) is 0.813. The number of carbonyl (C=O) groups excluding carboxylic acids is 2. The van der Waals surface area contributed by atoms with Crippen molar-refractivity contribution < 1.29 is 9.59 Å². The van der Waals surface area contributed by atoms with Crippen molar-refractivity contribution in [1.29, 1.82) is 0 Å². The molecule has 90 valence electrons. The van der Waals surface area contributed by atoms with E-state index in [1.165, 1.54) is 0 Å². The van der Waals surface area contributed by atoms with E-state index in [2.05, 4.69) is 13.2 Å². The van der Waals surface area contributed by atoms with Crippen LogP contribution < -0.4 is 0 Å². The Morgan fingerprint density at radius 3 is 1.44 bits per heavy atom. The van der Waals surface area contributed by atoms with Crippen LogP contribution in [0.4, 0.5) is 0 Å². The summed E-state index contributed by atoms with van der Waals surface area (Å²) in [7, 11) is 3.25. The fraction of sp³-hybridized carbons (Fsp3) is 0.500. The van der Waals surface area contributed by atoms with Crippen LogP contribution in [0, 0.1) is 0 Å². The summed E-state index contributed by atoms with van der Waals surface area (Å²) >= 11 is 0. The van der Waals surface area contributed by atoms with E-state index in [0.29, 0.717) is 24.0 Å². The summed E-state index contributed by atoms with van der Waals surface area (Å²) in [6.45, 7) is 10.6. The number of rotatable bonds is 9. The van der Waals surface area contributed by atoms with Crippen molar-refractivity contribution in [3.63, 3.8) is 0 Å². The molecule has 2 nitrogen and oxygen atoms in total. The van der Waals surface area contributed by atoms with E-state index in [9.17, 15) is 9.59 Å². The Kier molecular flexibility index (Phi) is 8.39. The second-order valence-corrected chi connectivity index (χ2v) is 6.25. The van der Waals surface area contributed by atoms with Gasteiger partial charge >= 0.3 is 0 Å². The van der Waals surface area contributed by atoms with Crippen LogP contribution in [-0.4, -0.2) is 23.1 Å². The molecular formula is C12H18O2S2. The van der Waals surface area contributed by atoms with Gasteiger partial charge in [0.2, 0.25) is 0 Å². The van der Waals surface area contributed by atoms with Crippen LogP contribution in [-0.2, 0) is 9.59 Å².